The Labute approximate surface area is 136 Å². The maximum Gasteiger partial charge on any atom is 0.338 e. The lowest BCUT2D eigenvalue weighted by Gasteiger charge is -2.05. The van der Waals surface area contributed by atoms with Gasteiger partial charge in [-0.05, 0) is 18.6 Å². The minimum atomic E-state index is -0.963. The van der Waals surface area contributed by atoms with E-state index in [1.807, 2.05) is 0 Å². The van der Waals surface area contributed by atoms with Gasteiger partial charge >= 0.3 is 11.7 Å². The Kier molecular flexibility index (Phi) is 8.87. The third-order valence-corrected chi connectivity index (χ3v) is 3.61. The van der Waals surface area contributed by atoms with Gasteiger partial charge in [-0.3, -0.25) is 10.1 Å². The molecule has 1 aromatic carbocycles. The van der Waals surface area contributed by atoms with Gasteiger partial charge in [0.1, 0.15) is 0 Å². The summed E-state index contributed by atoms with van der Waals surface area (Å²) in [4.78, 5) is 21.6. The molecule has 0 unspecified atom stereocenters. The van der Waals surface area contributed by atoms with Crippen molar-refractivity contribution in [2.45, 2.75) is 58.3 Å². The van der Waals surface area contributed by atoms with E-state index in [2.05, 4.69) is 6.92 Å². The molecule has 0 heterocycles. The number of unbranched alkanes of at least 4 members (excludes halogenated alkanes) is 7. The van der Waals surface area contributed by atoms with Crippen LogP contribution in [0.15, 0.2) is 18.2 Å². The SMILES string of the molecule is CCCCCCCCCCOC(=O)c1ccc(F)c([N+](=O)[O-])c1. The molecule has 1 rings (SSSR count). The molecule has 6 heteroatoms. The molecule has 0 atom stereocenters. The van der Waals surface area contributed by atoms with E-state index in [9.17, 15) is 19.3 Å². The number of hydrogen-bond donors (Lipinski definition) is 0. The number of ether oxygens (including phenoxy) is 1. The van der Waals surface area contributed by atoms with Crippen LogP contribution in [0.1, 0.15) is 68.6 Å². The van der Waals surface area contributed by atoms with Crippen molar-refractivity contribution in [3.63, 3.8) is 0 Å². The molecule has 0 amide bonds. The minimum Gasteiger partial charge on any atom is -0.462 e. The lowest BCUT2D eigenvalue weighted by molar-refractivity contribution is -0.387. The fourth-order valence-electron chi connectivity index (χ4n) is 2.26. The molecule has 0 aliphatic heterocycles. The number of halogens is 1. The number of esters is 1. The van der Waals surface area contributed by atoms with Crippen LogP contribution in [0, 0.1) is 15.9 Å². The summed E-state index contributed by atoms with van der Waals surface area (Å²) >= 11 is 0. The normalized spacial score (nSPS) is 10.5. The average molecular weight is 325 g/mol. The third-order valence-electron chi connectivity index (χ3n) is 3.61. The van der Waals surface area contributed by atoms with Gasteiger partial charge in [0, 0.05) is 6.07 Å². The van der Waals surface area contributed by atoms with Crippen molar-refractivity contribution in [1.29, 1.82) is 0 Å². The standard InChI is InChI=1S/C17H24FNO4/c1-2-3-4-5-6-7-8-9-12-23-17(20)14-10-11-15(18)16(13-14)19(21)22/h10-11,13H,2-9,12H2,1H3. The van der Waals surface area contributed by atoms with Crippen LogP contribution in [0.4, 0.5) is 10.1 Å². The fourth-order valence-corrected chi connectivity index (χ4v) is 2.26. The van der Waals surface area contributed by atoms with Crippen molar-refractivity contribution in [3.05, 3.63) is 39.7 Å². The molecule has 0 aliphatic carbocycles. The Bertz CT molecular complexity index is 519. The quantitative estimate of drug-likeness (QED) is 0.247. The lowest BCUT2D eigenvalue weighted by Crippen LogP contribution is -2.07. The monoisotopic (exact) mass is 325 g/mol. The second-order valence-electron chi connectivity index (χ2n) is 5.53. The number of carbonyl (C=O) groups excluding carboxylic acids is 1. The van der Waals surface area contributed by atoms with Crippen molar-refractivity contribution in [2.75, 3.05) is 6.61 Å². The topological polar surface area (TPSA) is 69.4 Å². The van der Waals surface area contributed by atoms with Gasteiger partial charge in [0.15, 0.2) is 0 Å². The van der Waals surface area contributed by atoms with Crippen molar-refractivity contribution >= 4 is 11.7 Å². The molecule has 0 aromatic heterocycles. The smallest absolute Gasteiger partial charge is 0.338 e. The Hall–Kier alpha value is -1.98. The van der Waals surface area contributed by atoms with Gasteiger partial charge in [0.25, 0.3) is 0 Å². The second-order valence-corrected chi connectivity index (χ2v) is 5.53. The lowest BCUT2D eigenvalue weighted by atomic mass is 10.1. The van der Waals surface area contributed by atoms with Gasteiger partial charge in [0.2, 0.25) is 5.82 Å². The predicted molar refractivity (Wildman–Crippen MR) is 85.9 cm³/mol. The van der Waals surface area contributed by atoms with Crippen molar-refractivity contribution < 1.29 is 18.8 Å². The van der Waals surface area contributed by atoms with Crippen LogP contribution < -0.4 is 0 Å². The minimum absolute atomic E-state index is 0.00216. The molecular weight excluding hydrogens is 301 g/mol. The van der Waals surface area contributed by atoms with Crippen molar-refractivity contribution in [3.8, 4) is 0 Å². The summed E-state index contributed by atoms with van der Waals surface area (Å²) in [5, 5.41) is 10.6. The highest BCUT2D eigenvalue weighted by Gasteiger charge is 2.18. The molecule has 23 heavy (non-hydrogen) atoms. The summed E-state index contributed by atoms with van der Waals surface area (Å²) in [5.41, 5.74) is -0.718. The zero-order valence-electron chi connectivity index (χ0n) is 13.6. The van der Waals surface area contributed by atoms with Crippen LogP contribution in [0.2, 0.25) is 0 Å². The molecule has 0 aliphatic rings. The summed E-state index contributed by atoms with van der Waals surface area (Å²) in [6.45, 7) is 2.46. The van der Waals surface area contributed by atoms with Crippen LogP contribution in [0.25, 0.3) is 0 Å². The van der Waals surface area contributed by atoms with Crippen molar-refractivity contribution in [1.82, 2.24) is 0 Å². The van der Waals surface area contributed by atoms with Gasteiger partial charge in [-0.1, -0.05) is 51.9 Å². The maximum absolute atomic E-state index is 13.2. The van der Waals surface area contributed by atoms with E-state index in [-0.39, 0.29) is 12.2 Å². The van der Waals surface area contributed by atoms with E-state index < -0.39 is 22.4 Å². The molecule has 0 radical (unpaired) electrons. The van der Waals surface area contributed by atoms with Gasteiger partial charge in [0.05, 0.1) is 17.1 Å². The summed E-state index contributed by atoms with van der Waals surface area (Å²) in [5.74, 6) is -1.62. The van der Waals surface area contributed by atoms with E-state index in [1.54, 1.807) is 0 Å². The highest BCUT2D eigenvalue weighted by molar-refractivity contribution is 5.90. The van der Waals surface area contributed by atoms with Crippen LogP contribution in [0.3, 0.4) is 0 Å². The highest BCUT2D eigenvalue weighted by atomic mass is 19.1. The van der Waals surface area contributed by atoms with E-state index in [1.165, 1.54) is 38.2 Å². The van der Waals surface area contributed by atoms with E-state index in [0.29, 0.717) is 0 Å². The Morgan fingerprint density at radius 3 is 2.35 bits per heavy atom. The molecule has 0 spiro atoms. The number of nitro groups is 1. The first-order chi connectivity index (χ1) is 11.1. The highest BCUT2D eigenvalue weighted by Crippen LogP contribution is 2.19. The van der Waals surface area contributed by atoms with Gasteiger partial charge in [-0.2, -0.15) is 4.39 Å². The number of hydrogen-bond acceptors (Lipinski definition) is 4. The average Bonchev–Trinajstić information content (AvgIpc) is 2.53. The van der Waals surface area contributed by atoms with Crippen LogP contribution >= 0.6 is 0 Å². The number of rotatable bonds is 11. The third kappa shape index (κ3) is 7.21. The molecule has 0 N–H and O–H groups in total. The van der Waals surface area contributed by atoms with E-state index in [4.69, 9.17) is 4.74 Å². The van der Waals surface area contributed by atoms with Gasteiger partial charge in [-0.15, -0.1) is 0 Å². The van der Waals surface area contributed by atoms with Crippen LogP contribution in [-0.4, -0.2) is 17.5 Å². The number of benzene rings is 1. The molecular formula is C17H24FNO4. The molecule has 0 saturated heterocycles. The molecule has 128 valence electrons. The first-order valence-electron chi connectivity index (χ1n) is 8.17. The Morgan fingerprint density at radius 2 is 1.74 bits per heavy atom. The molecule has 0 bridgehead atoms. The molecule has 1 aromatic rings. The Morgan fingerprint density at radius 1 is 1.13 bits per heavy atom. The van der Waals surface area contributed by atoms with Gasteiger partial charge < -0.3 is 4.74 Å². The Balaban J connectivity index is 2.24. The number of nitro benzene ring substituents is 1. The summed E-state index contributed by atoms with van der Waals surface area (Å²) in [6, 6.07) is 3.01. The number of carbonyl (C=O) groups is 1. The molecule has 0 saturated carbocycles. The summed E-state index contributed by atoms with van der Waals surface area (Å²) < 4.78 is 18.3. The maximum atomic E-state index is 13.2. The molecule has 5 nitrogen and oxygen atoms in total. The number of nitrogens with zero attached hydrogens (tertiary/aromatic N) is 1. The largest absolute Gasteiger partial charge is 0.462 e. The molecule has 0 fully saturated rings. The zero-order chi connectivity index (χ0) is 17.1. The summed E-state index contributed by atoms with van der Waals surface area (Å²) in [6.07, 6.45) is 9.09. The second kappa shape index (κ2) is 10.7. The van der Waals surface area contributed by atoms with Crippen LogP contribution in [0.5, 0.6) is 0 Å². The van der Waals surface area contributed by atoms with Crippen molar-refractivity contribution in [2.24, 2.45) is 0 Å². The predicted octanol–water partition coefficient (Wildman–Crippen LogP) is 5.03. The van der Waals surface area contributed by atoms with Crippen LogP contribution in [-0.2, 0) is 4.74 Å². The first-order valence-corrected chi connectivity index (χ1v) is 8.17. The van der Waals surface area contributed by atoms with E-state index in [0.717, 1.165) is 31.4 Å². The van der Waals surface area contributed by atoms with E-state index >= 15 is 0 Å². The summed E-state index contributed by atoms with van der Waals surface area (Å²) in [7, 11) is 0. The fraction of sp³-hybridized carbons (Fsp3) is 0.588. The zero-order valence-corrected chi connectivity index (χ0v) is 13.6. The first kappa shape index (κ1) is 19.1. The van der Waals surface area contributed by atoms with Gasteiger partial charge in [-0.25, -0.2) is 4.79 Å².